The second-order valence-corrected chi connectivity index (χ2v) is 3.97. The van der Waals surface area contributed by atoms with Gasteiger partial charge >= 0.3 is 0 Å². The fraction of sp³-hybridized carbons (Fsp3) is 0.182. The first-order valence-electron chi connectivity index (χ1n) is 5.43. The number of aryl methyl sites for hydroxylation is 2. The van der Waals surface area contributed by atoms with Crippen LogP contribution in [0.15, 0.2) is 23.0 Å². The molecule has 0 radical (unpaired) electrons. The molecular formula is C11H11N5O3. The average Bonchev–Trinajstić information content (AvgIpc) is 2.36. The standard InChI is InChI=1S/C11H11N5O3/c1-6-5-8(16(18)19)3-4-9(6)12-11-13-10(17)7(2)14-15-11/h3-5H,1-2H3,(H2,12,13,15,17). The molecule has 8 heteroatoms. The third-order valence-electron chi connectivity index (χ3n) is 2.53. The summed E-state index contributed by atoms with van der Waals surface area (Å²) in [5.74, 6) is 0.188. The van der Waals surface area contributed by atoms with Crippen molar-refractivity contribution in [2.24, 2.45) is 0 Å². The van der Waals surface area contributed by atoms with Gasteiger partial charge in [0, 0.05) is 17.8 Å². The van der Waals surface area contributed by atoms with Gasteiger partial charge in [0.15, 0.2) is 0 Å². The molecule has 8 nitrogen and oxygen atoms in total. The fourth-order valence-electron chi connectivity index (χ4n) is 1.48. The minimum Gasteiger partial charge on any atom is -0.324 e. The number of benzene rings is 1. The van der Waals surface area contributed by atoms with Gasteiger partial charge in [-0.15, -0.1) is 10.2 Å². The van der Waals surface area contributed by atoms with Crippen LogP contribution in [-0.4, -0.2) is 20.1 Å². The first kappa shape index (κ1) is 12.7. The van der Waals surface area contributed by atoms with Crippen LogP contribution in [0.3, 0.4) is 0 Å². The summed E-state index contributed by atoms with van der Waals surface area (Å²) in [6.07, 6.45) is 0. The maximum atomic E-state index is 11.4. The van der Waals surface area contributed by atoms with E-state index in [4.69, 9.17) is 0 Å². The Morgan fingerprint density at radius 3 is 2.63 bits per heavy atom. The number of hydrogen-bond acceptors (Lipinski definition) is 6. The first-order chi connectivity index (χ1) is 8.97. The van der Waals surface area contributed by atoms with Crippen LogP contribution in [0.2, 0.25) is 0 Å². The van der Waals surface area contributed by atoms with Gasteiger partial charge in [-0.3, -0.25) is 19.9 Å². The summed E-state index contributed by atoms with van der Waals surface area (Å²) in [7, 11) is 0. The van der Waals surface area contributed by atoms with E-state index in [9.17, 15) is 14.9 Å². The molecule has 1 heterocycles. The largest absolute Gasteiger partial charge is 0.324 e. The molecule has 0 fully saturated rings. The Morgan fingerprint density at radius 1 is 1.32 bits per heavy atom. The number of H-pyrrole nitrogens is 1. The number of aromatic nitrogens is 3. The monoisotopic (exact) mass is 261 g/mol. The van der Waals surface area contributed by atoms with Crippen LogP contribution in [0.4, 0.5) is 17.3 Å². The van der Waals surface area contributed by atoms with E-state index in [1.807, 2.05) is 0 Å². The molecule has 0 spiro atoms. The lowest BCUT2D eigenvalue weighted by atomic mass is 10.2. The zero-order valence-electron chi connectivity index (χ0n) is 10.3. The zero-order chi connectivity index (χ0) is 14.0. The number of nitrogens with zero attached hydrogens (tertiary/aromatic N) is 3. The Balaban J connectivity index is 2.30. The van der Waals surface area contributed by atoms with Crippen LogP contribution in [0.1, 0.15) is 11.3 Å². The van der Waals surface area contributed by atoms with Gasteiger partial charge in [-0.25, -0.2) is 0 Å². The highest BCUT2D eigenvalue weighted by Gasteiger charge is 2.09. The molecule has 0 atom stereocenters. The van der Waals surface area contributed by atoms with Crippen LogP contribution in [0.5, 0.6) is 0 Å². The number of aromatic amines is 1. The summed E-state index contributed by atoms with van der Waals surface area (Å²) < 4.78 is 0. The minimum atomic E-state index is -0.468. The summed E-state index contributed by atoms with van der Waals surface area (Å²) in [6, 6.07) is 4.35. The van der Waals surface area contributed by atoms with Gasteiger partial charge in [-0.1, -0.05) is 0 Å². The van der Waals surface area contributed by atoms with Crippen molar-refractivity contribution in [3.8, 4) is 0 Å². The molecule has 2 aromatic rings. The summed E-state index contributed by atoms with van der Waals surface area (Å²) in [5, 5.41) is 20.9. The lowest BCUT2D eigenvalue weighted by Crippen LogP contribution is -2.15. The Hall–Kier alpha value is -2.77. The summed E-state index contributed by atoms with van der Waals surface area (Å²) in [6.45, 7) is 3.27. The Bertz CT molecular complexity index is 695. The topological polar surface area (TPSA) is 114 Å². The quantitative estimate of drug-likeness (QED) is 0.638. The predicted octanol–water partition coefficient (Wildman–Crippen LogP) is 1.43. The van der Waals surface area contributed by atoms with Gasteiger partial charge in [0.25, 0.3) is 11.2 Å². The maximum absolute atomic E-state index is 11.4. The molecule has 19 heavy (non-hydrogen) atoms. The third-order valence-corrected chi connectivity index (χ3v) is 2.53. The minimum absolute atomic E-state index is 0.00605. The highest BCUT2D eigenvalue weighted by atomic mass is 16.6. The van der Waals surface area contributed by atoms with Crippen molar-refractivity contribution in [1.82, 2.24) is 15.2 Å². The van der Waals surface area contributed by atoms with Crippen LogP contribution < -0.4 is 10.9 Å². The van der Waals surface area contributed by atoms with Crippen molar-refractivity contribution in [2.75, 3.05) is 5.32 Å². The lowest BCUT2D eigenvalue weighted by molar-refractivity contribution is -0.384. The lowest BCUT2D eigenvalue weighted by Gasteiger charge is -2.07. The van der Waals surface area contributed by atoms with Crippen LogP contribution in [-0.2, 0) is 0 Å². The van der Waals surface area contributed by atoms with Crippen molar-refractivity contribution in [1.29, 1.82) is 0 Å². The summed E-state index contributed by atoms with van der Waals surface area (Å²) in [4.78, 5) is 24.0. The predicted molar refractivity (Wildman–Crippen MR) is 68.5 cm³/mol. The zero-order valence-corrected chi connectivity index (χ0v) is 10.3. The van der Waals surface area contributed by atoms with E-state index < -0.39 is 4.92 Å². The Kier molecular flexibility index (Phi) is 3.23. The van der Waals surface area contributed by atoms with E-state index >= 15 is 0 Å². The highest BCUT2D eigenvalue weighted by Crippen LogP contribution is 2.22. The molecule has 98 valence electrons. The molecule has 0 aliphatic carbocycles. The molecule has 1 aromatic carbocycles. The first-order valence-corrected chi connectivity index (χ1v) is 5.43. The second-order valence-electron chi connectivity index (χ2n) is 3.97. The normalized spacial score (nSPS) is 10.2. The fourth-order valence-corrected chi connectivity index (χ4v) is 1.48. The number of hydrogen-bond donors (Lipinski definition) is 2. The van der Waals surface area contributed by atoms with Crippen LogP contribution in [0.25, 0.3) is 0 Å². The maximum Gasteiger partial charge on any atom is 0.273 e. The number of nitrogens with one attached hydrogen (secondary N) is 2. The number of non-ortho nitro benzene ring substituents is 1. The number of nitro groups is 1. The smallest absolute Gasteiger partial charge is 0.273 e. The average molecular weight is 261 g/mol. The Morgan fingerprint density at radius 2 is 2.05 bits per heavy atom. The second kappa shape index (κ2) is 4.84. The van der Waals surface area contributed by atoms with Gasteiger partial charge in [-0.05, 0) is 25.5 Å². The highest BCUT2D eigenvalue weighted by molar-refractivity contribution is 5.60. The molecule has 2 rings (SSSR count). The van der Waals surface area contributed by atoms with Gasteiger partial charge in [-0.2, -0.15) is 0 Å². The van der Waals surface area contributed by atoms with Crippen molar-refractivity contribution in [3.05, 3.63) is 49.9 Å². The SMILES string of the molecule is Cc1cc([N+](=O)[O-])ccc1Nc1nnc(C)c(=O)[nH]1. The third kappa shape index (κ3) is 2.73. The van der Waals surface area contributed by atoms with Gasteiger partial charge in [0.1, 0.15) is 5.69 Å². The van der Waals surface area contributed by atoms with Crippen molar-refractivity contribution >= 4 is 17.3 Å². The van der Waals surface area contributed by atoms with E-state index in [1.165, 1.54) is 12.1 Å². The van der Waals surface area contributed by atoms with E-state index in [2.05, 4.69) is 20.5 Å². The molecule has 0 amide bonds. The van der Waals surface area contributed by atoms with E-state index in [0.717, 1.165) is 0 Å². The molecule has 1 aromatic heterocycles. The van der Waals surface area contributed by atoms with Gasteiger partial charge in [0.05, 0.1) is 4.92 Å². The van der Waals surface area contributed by atoms with Crippen LogP contribution >= 0.6 is 0 Å². The van der Waals surface area contributed by atoms with Gasteiger partial charge < -0.3 is 5.32 Å². The van der Waals surface area contributed by atoms with E-state index in [-0.39, 0.29) is 22.9 Å². The number of nitro benzene ring substituents is 1. The van der Waals surface area contributed by atoms with Crippen molar-refractivity contribution < 1.29 is 4.92 Å². The Labute approximate surface area is 107 Å². The number of anilines is 2. The van der Waals surface area contributed by atoms with Gasteiger partial charge in [0.2, 0.25) is 5.95 Å². The molecular weight excluding hydrogens is 250 g/mol. The van der Waals surface area contributed by atoms with Crippen molar-refractivity contribution in [2.45, 2.75) is 13.8 Å². The molecule has 2 N–H and O–H groups in total. The molecule has 0 aliphatic heterocycles. The summed E-state index contributed by atoms with van der Waals surface area (Å²) in [5.41, 5.74) is 1.21. The molecule has 0 saturated carbocycles. The van der Waals surface area contributed by atoms with E-state index in [1.54, 1.807) is 19.9 Å². The molecule has 0 unspecified atom stereocenters. The van der Waals surface area contributed by atoms with Crippen LogP contribution in [0, 0.1) is 24.0 Å². The number of rotatable bonds is 3. The molecule has 0 bridgehead atoms. The summed E-state index contributed by atoms with van der Waals surface area (Å²) >= 11 is 0. The van der Waals surface area contributed by atoms with E-state index in [0.29, 0.717) is 11.3 Å². The van der Waals surface area contributed by atoms with Crippen molar-refractivity contribution in [3.63, 3.8) is 0 Å². The molecule has 0 saturated heterocycles. The molecule has 0 aliphatic rings.